The molecular formula is C29H24F3N5O3. The van der Waals surface area contributed by atoms with E-state index in [1.54, 1.807) is 23.1 Å². The Morgan fingerprint density at radius 3 is 2.58 bits per heavy atom. The van der Waals surface area contributed by atoms with Crippen LogP contribution in [0.4, 0.5) is 24.7 Å². The van der Waals surface area contributed by atoms with Crippen LogP contribution in [0.2, 0.25) is 0 Å². The molecule has 1 atom stereocenters. The number of rotatable bonds is 6. The van der Waals surface area contributed by atoms with Crippen molar-refractivity contribution in [1.29, 1.82) is 0 Å². The van der Waals surface area contributed by atoms with Crippen molar-refractivity contribution in [2.45, 2.75) is 31.8 Å². The Hall–Kier alpha value is -4.59. The maximum absolute atomic E-state index is 14.8. The van der Waals surface area contributed by atoms with E-state index in [4.69, 9.17) is 16.3 Å². The van der Waals surface area contributed by atoms with Gasteiger partial charge in [0.25, 0.3) is 5.88 Å². The third-order valence-corrected chi connectivity index (χ3v) is 8.13. The molecule has 0 bridgehead atoms. The predicted molar refractivity (Wildman–Crippen MR) is 140 cm³/mol. The molecule has 3 heterocycles. The highest BCUT2D eigenvalue weighted by atomic mass is 19.1. The van der Waals surface area contributed by atoms with Gasteiger partial charge in [-0.05, 0) is 48.9 Å². The highest BCUT2D eigenvalue weighted by molar-refractivity contribution is 5.92. The largest absolute Gasteiger partial charge is 0.478 e. The molecule has 1 spiro atoms. The molecule has 1 unspecified atom stereocenters. The van der Waals surface area contributed by atoms with Gasteiger partial charge in [-0.2, -0.15) is 4.98 Å². The van der Waals surface area contributed by atoms with Gasteiger partial charge in [0, 0.05) is 37.7 Å². The number of hydrogen-bond donors (Lipinski definition) is 1. The number of fused-ring (bicyclic) bond motifs is 1. The summed E-state index contributed by atoms with van der Waals surface area (Å²) < 4.78 is 50.8. The minimum absolute atomic E-state index is 0.00608. The Labute approximate surface area is 227 Å². The summed E-state index contributed by atoms with van der Waals surface area (Å²) in [6.07, 6.45) is 2.44. The number of aromatic nitrogens is 3. The van der Waals surface area contributed by atoms with Gasteiger partial charge in [-0.15, -0.1) is 0 Å². The SMILES string of the molecule is [C-]#[N+]c1ccc(COc2nc(N3CCC4(CC3)CC4c3nc4ccc(C(=O)O)cc4n3C)c(F)cc2F)c(F)c1. The van der Waals surface area contributed by atoms with Crippen molar-refractivity contribution >= 4 is 28.5 Å². The van der Waals surface area contributed by atoms with Gasteiger partial charge in [0.1, 0.15) is 18.2 Å². The van der Waals surface area contributed by atoms with E-state index < -0.39 is 29.3 Å². The molecule has 2 aromatic carbocycles. The van der Waals surface area contributed by atoms with Crippen LogP contribution in [0.15, 0.2) is 42.5 Å². The van der Waals surface area contributed by atoms with E-state index in [-0.39, 0.29) is 40.6 Å². The Morgan fingerprint density at radius 1 is 1.10 bits per heavy atom. The molecule has 1 aliphatic heterocycles. The number of carboxylic acids is 1. The number of ether oxygens (including phenoxy) is 1. The number of halogens is 3. The molecule has 6 rings (SSSR count). The van der Waals surface area contributed by atoms with Crippen molar-refractivity contribution in [3.05, 3.63) is 88.3 Å². The fourth-order valence-electron chi connectivity index (χ4n) is 5.71. The van der Waals surface area contributed by atoms with Gasteiger partial charge in [0.15, 0.2) is 23.1 Å². The minimum atomic E-state index is -0.988. The molecule has 1 aliphatic carbocycles. The van der Waals surface area contributed by atoms with Gasteiger partial charge < -0.3 is 19.3 Å². The van der Waals surface area contributed by atoms with Crippen LogP contribution in [0, 0.1) is 29.4 Å². The topological polar surface area (TPSA) is 84.8 Å². The van der Waals surface area contributed by atoms with Crippen molar-refractivity contribution in [2.24, 2.45) is 12.5 Å². The van der Waals surface area contributed by atoms with E-state index in [2.05, 4.69) is 9.83 Å². The Morgan fingerprint density at radius 2 is 1.88 bits per heavy atom. The average molecular weight is 548 g/mol. The van der Waals surface area contributed by atoms with Crippen molar-refractivity contribution in [2.75, 3.05) is 18.0 Å². The summed E-state index contributed by atoms with van der Waals surface area (Å²) in [5.74, 6) is -2.75. The summed E-state index contributed by atoms with van der Waals surface area (Å²) in [7, 11) is 1.89. The molecule has 11 heteroatoms. The zero-order chi connectivity index (χ0) is 28.2. The first-order valence-corrected chi connectivity index (χ1v) is 12.8. The lowest BCUT2D eigenvalue weighted by Gasteiger charge is -2.34. The van der Waals surface area contributed by atoms with Crippen LogP contribution in [-0.4, -0.2) is 38.7 Å². The summed E-state index contributed by atoms with van der Waals surface area (Å²) in [4.78, 5) is 25.2. The third-order valence-electron chi connectivity index (χ3n) is 8.13. The van der Waals surface area contributed by atoms with E-state index >= 15 is 0 Å². The van der Waals surface area contributed by atoms with Crippen LogP contribution in [-0.2, 0) is 13.7 Å². The second-order valence-electron chi connectivity index (χ2n) is 10.4. The van der Waals surface area contributed by atoms with Crippen molar-refractivity contribution < 1.29 is 27.8 Å². The van der Waals surface area contributed by atoms with Crippen LogP contribution in [0.3, 0.4) is 0 Å². The summed E-state index contributed by atoms with van der Waals surface area (Å²) in [6.45, 7) is 7.64. The number of anilines is 1. The van der Waals surface area contributed by atoms with Gasteiger partial charge in [0.05, 0.1) is 23.2 Å². The van der Waals surface area contributed by atoms with Crippen molar-refractivity contribution in [3.63, 3.8) is 0 Å². The Kier molecular flexibility index (Phi) is 6.13. The number of aryl methyl sites for hydroxylation is 1. The second kappa shape index (κ2) is 9.55. The quantitative estimate of drug-likeness (QED) is 0.299. The average Bonchev–Trinajstić information content (AvgIpc) is 3.53. The van der Waals surface area contributed by atoms with E-state index in [0.29, 0.717) is 13.1 Å². The molecule has 0 radical (unpaired) electrons. The molecule has 0 amide bonds. The predicted octanol–water partition coefficient (Wildman–Crippen LogP) is 5.99. The van der Waals surface area contributed by atoms with Crippen LogP contribution in [0.5, 0.6) is 5.88 Å². The Balaban J connectivity index is 1.15. The first kappa shape index (κ1) is 25.7. The molecule has 1 N–H and O–H groups in total. The molecule has 2 aromatic heterocycles. The number of carbonyl (C=O) groups is 1. The van der Waals surface area contributed by atoms with E-state index in [9.17, 15) is 23.1 Å². The number of nitrogens with zero attached hydrogens (tertiary/aromatic N) is 5. The summed E-state index contributed by atoms with van der Waals surface area (Å²) >= 11 is 0. The number of hydrogen-bond acceptors (Lipinski definition) is 5. The molecule has 2 fully saturated rings. The maximum atomic E-state index is 14.8. The number of benzene rings is 2. The smallest absolute Gasteiger partial charge is 0.335 e. The zero-order valence-electron chi connectivity index (χ0n) is 21.5. The van der Waals surface area contributed by atoms with Crippen molar-refractivity contribution in [3.8, 4) is 5.88 Å². The number of piperidine rings is 1. The second-order valence-corrected chi connectivity index (χ2v) is 10.4. The highest BCUT2D eigenvalue weighted by Gasteiger charge is 2.57. The molecule has 1 saturated heterocycles. The first-order valence-electron chi connectivity index (χ1n) is 12.8. The lowest BCUT2D eigenvalue weighted by Crippen LogP contribution is -2.36. The summed E-state index contributed by atoms with van der Waals surface area (Å²) in [6, 6.07) is 9.52. The van der Waals surface area contributed by atoms with Gasteiger partial charge in [-0.25, -0.2) is 27.8 Å². The summed E-state index contributed by atoms with van der Waals surface area (Å²) in [5, 5.41) is 9.33. The summed E-state index contributed by atoms with van der Waals surface area (Å²) in [5.41, 5.74) is 1.99. The highest BCUT2D eigenvalue weighted by Crippen LogP contribution is 2.64. The first-order chi connectivity index (χ1) is 19.2. The minimum Gasteiger partial charge on any atom is -0.478 e. The van der Waals surface area contributed by atoms with Crippen LogP contribution in [0.25, 0.3) is 15.9 Å². The lowest BCUT2D eigenvalue weighted by atomic mass is 9.90. The fraction of sp³-hybridized carbons (Fsp3) is 0.310. The lowest BCUT2D eigenvalue weighted by molar-refractivity contribution is 0.0697. The standard InChI is InChI=1S/C29H24F3N5O3/c1-33-18-5-3-17(20(30)12-18)15-40-27-22(32)13-21(31)26(35-27)37-9-7-29(8-10-37)14-19(29)25-34-23-6-4-16(28(38)39)11-24(23)36(25)2/h3-6,11-13,19H,7-10,14-15H2,2H3,(H,38,39). The van der Waals surface area contributed by atoms with E-state index in [1.165, 1.54) is 12.1 Å². The molecule has 8 nitrogen and oxygen atoms in total. The molecule has 40 heavy (non-hydrogen) atoms. The van der Waals surface area contributed by atoms with Crippen molar-refractivity contribution in [1.82, 2.24) is 14.5 Å². The van der Waals surface area contributed by atoms with E-state index in [0.717, 1.165) is 48.3 Å². The maximum Gasteiger partial charge on any atom is 0.335 e. The van der Waals surface area contributed by atoms with Crippen LogP contribution in [0.1, 0.15) is 46.9 Å². The molecule has 1 saturated carbocycles. The van der Waals surface area contributed by atoms with Crippen LogP contribution < -0.4 is 9.64 Å². The number of pyridine rings is 1. The monoisotopic (exact) mass is 547 g/mol. The molecule has 204 valence electrons. The fourth-order valence-corrected chi connectivity index (χ4v) is 5.71. The molecule has 4 aromatic rings. The van der Waals surface area contributed by atoms with E-state index in [1.807, 2.05) is 11.6 Å². The molecular weight excluding hydrogens is 523 g/mol. The van der Waals surface area contributed by atoms with Crippen LogP contribution >= 0.6 is 0 Å². The normalized spacial score (nSPS) is 17.7. The van der Waals surface area contributed by atoms with Gasteiger partial charge in [-0.1, -0.05) is 12.1 Å². The van der Waals surface area contributed by atoms with Gasteiger partial charge in [0.2, 0.25) is 0 Å². The van der Waals surface area contributed by atoms with Gasteiger partial charge in [-0.3, -0.25) is 0 Å². The zero-order valence-corrected chi connectivity index (χ0v) is 21.5. The number of carboxylic acid groups (broad SMARTS) is 1. The number of imidazole rings is 1. The Bertz CT molecular complexity index is 1710. The van der Waals surface area contributed by atoms with Gasteiger partial charge >= 0.3 is 5.97 Å². The third kappa shape index (κ3) is 4.39. The molecule has 2 aliphatic rings. The number of aromatic carboxylic acids is 1.